The third kappa shape index (κ3) is 2.97. The van der Waals surface area contributed by atoms with Crippen LogP contribution < -0.4 is 0 Å². The van der Waals surface area contributed by atoms with E-state index in [4.69, 9.17) is 12.2 Å². The van der Waals surface area contributed by atoms with Crippen LogP contribution >= 0.6 is 12.2 Å². The number of likely N-dealkylation sites (N-methyl/N-ethyl adjacent to an activating group) is 2. The maximum absolute atomic E-state index is 13.5. The molecule has 0 atom stereocenters. The Labute approximate surface area is 200 Å². The van der Waals surface area contributed by atoms with E-state index in [1.165, 1.54) is 34.1 Å². The summed E-state index contributed by atoms with van der Waals surface area (Å²) in [6.45, 7) is 3.91. The SMILES string of the molecule is CCN1C(=O)C(=C2c3cc(C#N)cc(C#N)c3-c3c(C#N)cc(C#N)cc32)C(=O)N(CC)C1=S. The fourth-order valence-corrected chi connectivity index (χ4v) is 4.81. The number of benzene rings is 2. The second-order valence-electron chi connectivity index (χ2n) is 7.47. The number of rotatable bonds is 2. The van der Waals surface area contributed by atoms with Crippen molar-refractivity contribution in [2.45, 2.75) is 13.8 Å². The molecule has 0 saturated carbocycles. The smallest absolute Gasteiger partial charge is 0.266 e. The summed E-state index contributed by atoms with van der Waals surface area (Å²) in [5, 5.41) is 38.8. The predicted molar refractivity (Wildman–Crippen MR) is 124 cm³/mol. The van der Waals surface area contributed by atoms with E-state index in [-0.39, 0.29) is 51.6 Å². The van der Waals surface area contributed by atoms with E-state index in [2.05, 4.69) is 12.1 Å². The van der Waals surface area contributed by atoms with E-state index in [0.29, 0.717) is 22.3 Å². The summed E-state index contributed by atoms with van der Waals surface area (Å²) in [6, 6.07) is 13.9. The predicted octanol–water partition coefficient (Wildman–Crippen LogP) is 2.95. The van der Waals surface area contributed by atoms with Gasteiger partial charge in [0.15, 0.2) is 5.11 Å². The Kier molecular flexibility index (Phi) is 5.44. The molecule has 0 spiro atoms. The van der Waals surface area contributed by atoms with Gasteiger partial charge in [0, 0.05) is 29.8 Å². The molecule has 1 saturated heterocycles. The van der Waals surface area contributed by atoms with E-state index in [0.717, 1.165) is 0 Å². The Balaban J connectivity index is 2.25. The Morgan fingerprint density at radius 2 is 1.12 bits per heavy atom. The van der Waals surface area contributed by atoms with Gasteiger partial charge in [-0.25, -0.2) is 0 Å². The zero-order chi connectivity index (χ0) is 24.7. The first kappa shape index (κ1) is 22.4. The molecule has 34 heavy (non-hydrogen) atoms. The maximum atomic E-state index is 13.5. The lowest BCUT2D eigenvalue weighted by Gasteiger charge is -2.36. The Bertz CT molecular complexity index is 1430. The van der Waals surface area contributed by atoms with Gasteiger partial charge in [-0.05, 0) is 61.5 Å². The molecule has 1 aliphatic heterocycles. The number of amides is 2. The van der Waals surface area contributed by atoms with E-state index >= 15 is 0 Å². The van der Waals surface area contributed by atoms with Gasteiger partial charge in [0.25, 0.3) is 11.8 Å². The van der Waals surface area contributed by atoms with Gasteiger partial charge in [-0.1, -0.05) is 0 Å². The van der Waals surface area contributed by atoms with Crippen molar-refractivity contribution in [3.05, 3.63) is 63.2 Å². The highest BCUT2D eigenvalue weighted by atomic mass is 32.1. The molecule has 2 aromatic rings. The van der Waals surface area contributed by atoms with Crippen LogP contribution in [0.2, 0.25) is 0 Å². The highest BCUT2D eigenvalue weighted by molar-refractivity contribution is 7.80. The van der Waals surface area contributed by atoms with Gasteiger partial charge in [-0.2, -0.15) is 21.0 Å². The van der Waals surface area contributed by atoms with Crippen molar-refractivity contribution in [2.24, 2.45) is 0 Å². The molecular weight excluding hydrogens is 448 g/mol. The number of thiocarbonyl (C=S) groups is 1. The zero-order valence-electron chi connectivity index (χ0n) is 18.1. The third-order valence-electron chi connectivity index (χ3n) is 5.83. The molecule has 2 amide bonds. The molecule has 9 heteroatoms. The summed E-state index contributed by atoms with van der Waals surface area (Å²) in [5.74, 6) is -1.23. The minimum atomic E-state index is -0.613. The molecule has 0 radical (unpaired) electrons. The molecule has 1 aliphatic carbocycles. The first-order valence-electron chi connectivity index (χ1n) is 10.3. The van der Waals surface area contributed by atoms with Gasteiger partial charge >= 0.3 is 0 Å². The van der Waals surface area contributed by atoms with E-state index in [9.17, 15) is 30.6 Å². The van der Waals surface area contributed by atoms with Crippen molar-refractivity contribution in [3.8, 4) is 35.4 Å². The van der Waals surface area contributed by atoms with Gasteiger partial charge in [0.05, 0.1) is 46.5 Å². The second kappa shape index (κ2) is 8.26. The number of fused-ring (bicyclic) bond motifs is 3. The summed E-state index contributed by atoms with van der Waals surface area (Å²) < 4.78 is 0. The van der Waals surface area contributed by atoms with Gasteiger partial charge in [0.2, 0.25) is 0 Å². The summed E-state index contributed by atoms with van der Waals surface area (Å²) in [6.07, 6.45) is 0. The monoisotopic (exact) mass is 462 g/mol. The lowest BCUT2D eigenvalue weighted by molar-refractivity contribution is -0.133. The van der Waals surface area contributed by atoms with E-state index < -0.39 is 11.8 Å². The Morgan fingerprint density at radius 1 is 0.706 bits per heavy atom. The number of nitriles is 4. The molecular formula is C25H14N6O2S. The van der Waals surface area contributed by atoms with Crippen molar-refractivity contribution in [1.82, 2.24) is 9.80 Å². The minimum Gasteiger partial charge on any atom is -0.285 e. The van der Waals surface area contributed by atoms with Crippen LogP contribution in [-0.2, 0) is 9.59 Å². The number of carbonyl (C=O) groups excluding carboxylic acids is 2. The molecule has 1 heterocycles. The van der Waals surface area contributed by atoms with Crippen LogP contribution in [0, 0.1) is 45.3 Å². The van der Waals surface area contributed by atoms with Crippen LogP contribution in [0.4, 0.5) is 0 Å². The lowest BCUT2D eigenvalue weighted by atomic mass is 9.92. The van der Waals surface area contributed by atoms with E-state index in [1.54, 1.807) is 13.8 Å². The Morgan fingerprint density at radius 3 is 1.44 bits per heavy atom. The van der Waals surface area contributed by atoms with Crippen LogP contribution in [0.15, 0.2) is 29.8 Å². The molecule has 0 bridgehead atoms. The van der Waals surface area contributed by atoms with Crippen molar-refractivity contribution in [1.29, 1.82) is 21.0 Å². The Hall–Kier alpha value is -4.83. The minimum absolute atomic E-state index is 0.0924. The highest BCUT2D eigenvalue weighted by Crippen LogP contribution is 2.50. The van der Waals surface area contributed by atoms with Crippen molar-refractivity contribution >= 4 is 34.7 Å². The van der Waals surface area contributed by atoms with Crippen molar-refractivity contribution in [3.63, 3.8) is 0 Å². The first-order chi connectivity index (χ1) is 16.4. The van der Waals surface area contributed by atoms with Gasteiger partial charge < -0.3 is 0 Å². The molecule has 2 aromatic carbocycles. The summed E-state index contributed by atoms with van der Waals surface area (Å²) in [5.41, 5.74) is 1.88. The first-order valence-corrected chi connectivity index (χ1v) is 10.7. The highest BCUT2D eigenvalue weighted by Gasteiger charge is 2.43. The van der Waals surface area contributed by atoms with Gasteiger partial charge in [-0.3, -0.25) is 19.4 Å². The topological polar surface area (TPSA) is 136 Å². The average Bonchev–Trinajstić information content (AvgIpc) is 3.17. The van der Waals surface area contributed by atoms with Gasteiger partial charge in [0.1, 0.15) is 5.57 Å². The summed E-state index contributed by atoms with van der Waals surface area (Å²) in [7, 11) is 0. The van der Waals surface area contributed by atoms with Crippen molar-refractivity contribution in [2.75, 3.05) is 13.1 Å². The molecule has 0 unspecified atom stereocenters. The number of nitrogens with zero attached hydrogens (tertiary/aromatic N) is 6. The third-order valence-corrected chi connectivity index (χ3v) is 6.27. The largest absolute Gasteiger partial charge is 0.285 e. The molecule has 1 fully saturated rings. The van der Waals surface area contributed by atoms with Crippen LogP contribution in [0.1, 0.15) is 47.2 Å². The van der Waals surface area contributed by atoms with Gasteiger partial charge in [-0.15, -0.1) is 0 Å². The second-order valence-corrected chi connectivity index (χ2v) is 7.84. The standard InChI is InChI=1S/C25H14N6O2S/c1-3-30-23(32)22(24(33)31(4-2)25(30)34)21-17-7-13(9-26)5-15(11-28)19(17)20-16(12-29)6-14(10-27)8-18(20)21/h5-8H,3-4H2,1-2H3. The average molecular weight is 462 g/mol. The molecule has 4 rings (SSSR count). The maximum Gasteiger partial charge on any atom is 0.266 e. The van der Waals surface area contributed by atoms with Crippen molar-refractivity contribution < 1.29 is 9.59 Å². The molecule has 0 aromatic heterocycles. The van der Waals surface area contributed by atoms with Crippen LogP contribution in [0.25, 0.3) is 16.7 Å². The van der Waals surface area contributed by atoms with Crippen LogP contribution in [0.3, 0.4) is 0 Å². The fourth-order valence-electron chi connectivity index (χ4n) is 4.39. The number of hydrogen-bond acceptors (Lipinski definition) is 7. The molecule has 2 aliphatic rings. The zero-order valence-corrected chi connectivity index (χ0v) is 18.9. The molecule has 162 valence electrons. The normalized spacial score (nSPS) is 14.2. The quantitative estimate of drug-likeness (QED) is 0.324. The summed E-state index contributed by atoms with van der Waals surface area (Å²) in [4.78, 5) is 29.7. The molecule has 0 N–H and O–H groups in total. The molecule has 8 nitrogen and oxygen atoms in total. The van der Waals surface area contributed by atoms with Crippen LogP contribution in [-0.4, -0.2) is 39.8 Å². The lowest BCUT2D eigenvalue weighted by Crippen LogP contribution is -2.56. The van der Waals surface area contributed by atoms with Crippen LogP contribution in [0.5, 0.6) is 0 Å². The van der Waals surface area contributed by atoms with E-state index in [1.807, 2.05) is 12.1 Å². The summed E-state index contributed by atoms with van der Waals surface area (Å²) >= 11 is 5.36. The number of carbonyl (C=O) groups is 2. The number of hydrogen-bond donors (Lipinski definition) is 0. The fraction of sp³-hybridized carbons (Fsp3) is 0.160.